The lowest BCUT2D eigenvalue weighted by atomic mass is 9.72. The van der Waals surface area contributed by atoms with Crippen molar-refractivity contribution in [2.75, 3.05) is 20.1 Å². The Kier molecular flexibility index (Phi) is 4.51. The molecule has 1 unspecified atom stereocenters. The van der Waals surface area contributed by atoms with Crippen LogP contribution in [0, 0.1) is 11.8 Å². The van der Waals surface area contributed by atoms with Crippen molar-refractivity contribution in [3.05, 3.63) is 34.9 Å². The maximum atomic E-state index is 12.4. The van der Waals surface area contributed by atoms with Crippen LogP contribution in [0.15, 0.2) is 24.3 Å². The van der Waals surface area contributed by atoms with Crippen molar-refractivity contribution in [2.45, 2.75) is 31.7 Å². The topological polar surface area (TPSA) is 32.3 Å². The molecule has 1 saturated heterocycles. The molecule has 3 nitrogen and oxygen atoms in total. The third-order valence-corrected chi connectivity index (χ3v) is 5.28. The molecular weight excluding hydrogens is 284 g/mol. The predicted octanol–water partition coefficient (Wildman–Crippen LogP) is 3.19. The zero-order valence-electron chi connectivity index (χ0n) is 12.5. The maximum absolute atomic E-state index is 12.4. The van der Waals surface area contributed by atoms with Gasteiger partial charge in [-0.3, -0.25) is 4.79 Å². The van der Waals surface area contributed by atoms with Gasteiger partial charge in [-0.05, 0) is 69.0 Å². The van der Waals surface area contributed by atoms with E-state index < -0.39 is 0 Å². The first-order valence-corrected chi connectivity index (χ1v) is 8.26. The number of piperidine rings is 1. The van der Waals surface area contributed by atoms with Crippen LogP contribution < -0.4 is 5.32 Å². The molecule has 1 aromatic carbocycles. The van der Waals surface area contributed by atoms with Gasteiger partial charge in [-0.15, -0.1) is 0 Å². The van der Waals surface area contributed by atoms with Crippen molar-refractivity contribution in [1.82, 2.24) is 10.2 Å². The van der Waals surface area contributed by atoms with Crippen LogP contribution in [-0.4, -0.2) is 37.0 Å². The van der Waals surface area contributed by atoms with Crippen LogP contribution in [-0.2, 0) is 0 Å². The highest BCUT2D eigenvalue weighted by Gasteiger charge is 2.37. The molecule has 2 fully saturated rings. The number of amides is 1. The molecule has 0 aromatic heterocycles. The summed E-state index contributed by atoms with van der Waals surface area (Å²) in [6.07, 6.45) is 4.85. The van der Waals surface area contributed by atoms with Gasteiger partial charge < -0.3 is 10.2 Å². The zero-order chi connectivity index (χ0) is 14.8. The smallest absolute Gasteiger partial charge is 0.251 e. The molecule has 0 radical (unpaired) electrons. The molecule has 1 aliphatic heterocycles. The van der Waals surface area contributed by atoms with Gasteiger partial charge in [0.1, 0.15) is 0 Å². The fraction of sp³-hybridized carbons (Fsp3) is 0.588. The van der Waals surface area contributed by atoms with Crippen LogP contribution in [0.5, 0.6) is 0 Å². The van der Waals surface area contributed by atoms with E-state index in [9.17, 15) is 4.79 Å². The average molecular weight is 307 g/mol. The van der Waals surface area contributed by atoms with Gasteiger partial charge in [0.2, 0.25) is 0 Å². The SMILES string of the molecule is CN1CC[C@H]2C(NC(=O)c3ccc(Cl)cc3)CCC[C@@H]2C1. The molecule has 21 heavy (non-hydrogen) atoms. The highest BCUT2D eigenvalue weighted by Crippen LogP contribution is 2.36. The van der Waals surface area contributed by atoms with E-state index in [2.05, 4.69) is 17.3 Å². The molecule has 2 aliphatic rings. The number of likely N-dealkylation sites (tertiary alicyclic amines) is 1. The van der Waals surface area contributed by atoms with Crippen molar-refractivity contribution >= 4 is 17.5 Å². The van der Waals surface area contributed by atoms with Crippen LogP contribution in [0.2, 0.25) is 5.02 Å². The number of halogens is 1. The fourth-order valence-electron chi connectivity index (χ4n) is 3.91. The number of nitrogens with zero attached hydrogens (tertiary/aromatic N) is 1. The summed E-state index contributed by atoms with van der Waals surface area (Å²) in [5.41, 5.74) is 0.703. The van der Waals surface area contributed by atoms with E-state index >= 15 is 0 Å². The van der Waals surface area contributed by atoms with Crippen molar-refractivity contribution in [1.29, 1.82) is 0 Å². The standard InChI is InChI=1S/C17H23ClN2O/c1-20-10-9-15-13(11-20)3-2-4-16(15)19-17(21)12-5-7-14(18)8-6-12/h5-8,13,15-16H,2-4,9-11H2,1H3,(H,19,21)/t13-,15-,16?/m1/s1. The van der Waals surface area contributed by atoms with Crippen LogP contribution in [0.3, 0.4) is 0 Å². The molecule has 3 rings (SSSR count). The van der Waals surface area contributed by atoms with Gasteiger partial charge in [0.15, 0.2) is 0 Å². The Balaban J connectivity index is 1.66. The maximum Gasteiger partial charge on any atom is 0.251 e. The van der Waals surface area contributed by atoms with Crippen LogP contribution in [0.1, 0.15) is 36.0 Å². The summed E-state index contributed by atoms with van der Waals surface area (Å²) in [7, 11) is 2.20. The first-order chi connectivity index (χ1) is 10.1. The van der Waals surface area contributed by atoms with Gasteiger partial charge in [-0.2, -0.15) is 0 Å². The zero-order valence-corrected chi connectivity index (χ0v) is 13.3. The van der Waals surface area contributed by atoms with E-state index in [1.165, 1.54) is 25.8 Å². The first-order valence-electron chi connectivity index (χ1n) is 7.88. The monoisotopic (exact) mass is 306 g/mol. The van der Waals surface area contributed by atoms with Crippen molar-refractivity contribution in [3.63, 3.8) is 0 Å². The number of hydrogen-bond acceptors (Lipinski definition) is 2. The second kappa shape index (κ2) is 6.37. The summed E-state index contributed by atoms with van der Waals surface area (Å²) in [6.45, 7) is 2.33. The molecule has 3 atom stereocenters. The summed E-state index contributed by atoms with van der Waals surface area (Å²) in [5, 5.41) is 3.93. The summed E-state index contributed by atoms with van der Waals surface area (Å²) in [6, 6.07) is 7.48. The quantitative estimate of drug-likeness (QED) is 0.910. The molecule has 1 heterocycles. The van der Waals surface area contributed by atoms with Crippen molar-refractivity contribution in [2.24, 2.45) is 11.8 Å². The second-order valence-electron chi connectivity index (χ2n) is 6.49. The second-order valence-corrected chi connectivity index (χ2v) is 6.93. The lowest BCUT2D eigenvalue weighted by molar-refractivity contribution is 0.0661. The molecule has 114 valence electrons. The van der Waals surface area contributed by atoms with Gasteiger partial charge in [-0.25, -0.2) is 0 Å². The molecule has 1 saturated carbocycles. The van der Waals surface area contributed by atoms with E-state index in [1.807, 2.05) is 0 Å². The Morgan fingerprint density at radius 1 is 1.24 bits per heavy atom. The molecule has 1 amide bonds. The highest BCUT2D eigenvalue weighted by atomic mass is 35.5. The third kappa shape index (κ3) is 3.41. The first kappa shape index (κ1) is 14.9. The molecule has 1 aromatic rings. The van der Waals surface area contributed by atoms with Crippen LogP contribution in [0.4, 0.5) is 0 Å². The minimum absolute atomic E-state index is 0.0382. The largest absolute Gasteiger partial charge is 0.349 e. The van der Waals surface area contributed by atoms with E-state index in [1.54, 1.807) is 24.3 Å². The number of rotatable bonds is 2. The molecule has 0 spiro atoms. The Bertz CT molecular complexity index is 502. The highest BCUT2D eigenvalue weighted by molar-refractivity contribution is 6.30. The van der Waals surface area contributed by atoms with E-state index in [4.69, 9.17) is 11.6 Å². The van der Waals surface area contributed by atoms with E-state index in [0.29, 0.717) is 22.5 Å². The fourth-order valence-corrected chi connectivity index (χ4v) is 4.04. The summed E-state index contributed by atoms with van der Waals surface area (Å²) in [5.74, 6) is 1.43. The van der Waals surface area contributed by atoms with Crippen molar-refractivity contribution < 1.29 is 4.79 Å². The predicted molar refractivity (Wildman–Crippen MR) is 85.7 cm³/mol. The molecular formula is C17H23ClN2O. The van der Waals surface area contributed by atoms with Gasteiger partial charge in [-0.1, -0.05) is 18.0 Å². The van der Waals surface area contributed by atoms with Gasteiger partial charge in [0, 0.05) is 23.2 Å². The number of nitrogens with one attached hydrogen (secondary N) is 1. The lowest BCUT2D eigenvalue weighted by Gasteiger charge is -2.44. The molecule has 0 bridgehead atoms. The van der Waals surface area contributed by atoms with Crippen LogP contribution >= 0.6 is 11.6 Å². The molecule has 1 N–H and O–H groups in total. The van der Waals surface area contributed by atoms with Crippen molar-refractivity contribution in [3.8, 4) is 0 Å². The summed E-state index contributed by atoms with van der Waals surface area (Å²) in [4.78, 5) is 14.8. The van der Waals surface area contributed by atoms with E-state index in [0.717, 1.165) is 18.9 Å². The molecule has 4 heteroatoms. The summed E-state index contributed by atoms with van der Waals surface area (Å²) >= 11 is 5.88. The Hall–Kier alpha value is -1.06. The lowest BCUT2D eigenvalue weighted by Crippen LogP contribution is -2.51. The Labute approximate surface area is 131 Å². The minimum atomic E-state index is 0.0382. The number of carbonyl (C=O) groups excluding carboxylic acids is 1. The number of fused-ring (bicyclic) bond motifs is 1. The summed E-state index contributed by atoms with van der Waals surface area (Å²) < 4.78 is 0. The van der Waals surface area contributed by atoms with Gasteiger partial charge in [0.05, 0.1) is 0 Å². The number of benzene rings is 1. The van der Waals surface area contributed by atoms with E-state index in [-0.39, 0.29) is 5.91 Å². The number of hydrogen-bond donors (Lipinski definition) is 1. The third-order valence-electron chi connectivity index (χ3n) is 5.03. The Morgan fingerprint density at radius 2 is 2.00 bits per heavy atom. The number of carbonyl (C=O) groups is 1. The minimum Gasteiger partial charge on any atom is -0.349 e. The van der Waals surface area contributed by atoms with Crippen LogP contribution in [0.25, 0.3) is 0 Å². The molecule has 1 aliphatic carbocycles. The normalized spacial score (nSPS) is 29.7. The van der Waals surface area contributed by atoms with Gasteiger partial charge in [0.25, 0.3) is 5.91 Å². The Morgan fingerprint density at radius 3 is 2.76 bits per heavy atom. The van der Waals surface area contributed by atoms with Gasteiger partial charge >= 0.3 is 0 Å². The average Bonchev–Trinajstić information content (AvgIpc) is 2.47.